The Balaban J connectivity index is 1.94. The van der Waals surface area contributed by atoms with Gasteiger partial charge in [0.05, 0.1) is 11.2 Å². The number of nitrogens with two attached hydrogens (primary N) is 1. The van der Waals surface area contributed by atoms with Gasteiger partial charge in [0.1, 0.15) is 0 Å². The number of rotatable bonds is 0. The van der Waals surface area contributed by atoms with Crippen molar-refractivity contribution < 1.29 is 0 Å². The minimum Gasteiger partial charge on any atom is -0.300 e. The molecule has 0 bridgehead atoms. The number of aryl methyl sites for hydroxylation is 2. The van der Waals surface area contributed by atoms with Crippen LogP contribution in [0.3, 0.4) is 0 Å². The van der Waals surface area contributed by atoms with Gasteiger partial charge in [0.2, 0.25) is 0 Å². The minimum absolute atomic E-state index is 0.0410. The third-order valence-corrected chi connectivity index (χ3v) is 6.95. The molecule has 2 unspecified atom stereocenters. The zero-order chi connectivity index (χ0) is 18.2. The quantitative estimate of drug-likeness (QED) is 0.679. The van der Waals surface area contributed by atoms with E-state index in [9.17, 15) is 0 Å². The van der Waals surface area contributed by atoms with Gasteiger partial charge in [-0.05, 0) is 60.4 Å². The standard InChI is InChI=1S/C23H30N2/c1-15-7-10-20-19(13-15)22(5)12-11-16-14-17(21(2,3)4)8-9-18(16)23(22,6)25(20)24/h7-10,13-14H,11-12,24H2,1-6H3. The fourth-order valence-corrected chi connectivity index (χ4v) is 5.00. The largest absolute Gasteiger partial charge is 0.300 e. The Morgan fingerprint density at radius 3 is 2.40 bits per heavy atom. The second kappa shape index (κ2) is 4.88. The van der Waals surface area contributed by atoms with E-state index >= 15 is 0 Å². The van der Waals surface area contributed by atoms with E-state index in [0.29, 0.717) is 0 Å². The van der Waals surface area contributed by atoms with Gasteiger partial charge in [-0.3, -0.25) is 5.01 Å². The third-order valence-electron chi connectivity index (χ3n) is 6.95. The van der Waals surface area contributed by atoms with E-state index in [1.54, 1.807) is 0 Å². The molecule has 2 heteroatoms. The van der Waals surface area contributed by atoms with Crippen LogP contribution in [0.5, 0.6) is 0 Å². The first kappa shape index (κ1) is 16.7. The fraction of sp³-hybridized carbons (Fsp3) is 0.478. The molecule has 0 radical (unpaired) electrons. The monoisotopic (exact) mass is 334 g/mol. The van der Waals surface area contributed by atoms with Crippen molar-refractivity contribution in [2.24, 2.45) is 5.84 Å². The van der Waals surface area contributed by atoms with Crippen molar-refractivity contribution in [1.29, 1.82) is 0 Å². The maximum atomic E-state index is 6.74. The Bertz CT molecular complexity index is 861. The topological polar surface area (TPSA) is 29.3 Å². The minimum atomic E-state index is -0.201. The van der Waals surface area contributed by atoms with Gasteiger partial charge < -0.3 is 0 Å². The van der Waals surface area contributed by atoms with Gasteiger partial charge in [-0.2, -0.15) is 0 Å². The molecule has 0 fully saturated rings. The summed E-state index contributed by atoms with van der Waals surface area (Å²) in [6.07, 6.45) is 2.25. The van der Waals surface area contributed by atoms with Crippen LogP contribution in [0.1, 0.15) is 68.9 Å². The van der Waals surface area contributed by atoms with Crippen molar-refractivity contribution in [3.8, 4) is 0 Å². The number of nitrogens with zero attached hydrogens (tertiary/aromatic N) is 1. The lowest BCUT2D eigenvalue weighted by atomic mass is 9.59. The summed E-state index contributed by atoms with van der Waals surface area (Å²) >= 11 is 0. The molecule has 0 aromatic heterocycles. The maximum Gasteiger partial charge on any atom is 0.0878 e. The Morgan fingerprint density at radius 2 is 1.72 bits per heavy atom. The zero-order valence-corrected chi connectivity index (χ0v) is 16.4. The van der Waals surface area contributed by atoms with Crippen LogP contribution in [-0.4, -0.2) is 0 Å². The summed E-state index contributed by atoms with van der Waals surface area (Å²) in [5.74, 6) is 6.74. The predicted molar refractivity (Wildman–Crippen MR) is 106 cm³/mol. The average molecular weight is 335 g/mol. The van der Waals surface area contributed by atoms with Crippen molar-refractivity contribution in [1.82, 2.24) is 0 Å². The van der Waals surface area contributed by atoms with E-state index in [2.05, 4.69) is 77.9 Å². The second-order valence-electron chi connectivity index (χ2n) is 9.42. The van der Waals surface area contributed by atoms with Gasteiger partial charge in [0.15, 0.2) is 0 Å². The van der Waals surface area contributed by atoms with Crippen LogP contribution < -0.4 is 10.9 Å². The van der Waals surface area contributed by atoms with Crippen LogP contribution in [0.25, 0.3) is 0 Å². The van der Waals surface area contributed by atoms with Crippen LogP contribution in [0.2, 0.25) is 0 Å². The molecule has 2 aromatic carbocycles. The van der Waals surface area contributed by atoms with Crippen molar-refractivity contribution in [3.63, 3.8) is 0 Å². The summed E-state index contributed by atoms with van der Waals surface area (Å²) in [4.78, 5) is 0. The first-order valence-electron chi connectivity index (χ1n) is 9.39. The van der Waals surface area contributed by atoms with Gasteiger partial charge >= 0.3 is 0 Å². The normalized spacial score (nSPS) is 27.7. The summed E-state index contributed by atoms with van der Waals surface area (Å²) in [5, 5.41) is 2.04. The van der Waals surface area contributed by atoms with Crippen molar-refractivity contribution in [2.75, 3.05) is 5.01 Å². The van der Waals surface area contributed by atoms with E-state index < -0.39 is 0 Å². The van der Waals surface area contributed by atoms with E-state index in [1.807, 2.05) is 5.01 Å². The molecule has 25 heavy (non-hydrogen) atoms. The molecule has 2 atom stereocenters. The number of benzene rings is 2. The lowest BCUT2D eigenvalue weighted by Crippen LogP contribution is -2.57. The van der Waals surface area contributed by atoms with Crippen LogP contribution in [0.15, 0.2) is 36.4 Å². The molecule has 0 spiro atoms. The van der Waals surface area contributed by atoms with E-state index in [0.717, 1.165) is 12.8 Å². The number of fused-ring (bicyclic) bond motifs is 5. The zero-order valence-electron chi connectivity index (χ0n) is 16.4. The Morgan fingerprint density at radius 1 is 1.00 bits per heavy atom. The molecular formula is C23H30N2. The van der Waals surface area contributed by atoms with E-state index in [-0.39, 0.29) is 16.4 Å². The van der Waals surface area contributed by atoms with Crippen molar-refractivity contribution in [3.05, 3.63) is 64.2 Å². The van der Waals surface area contributed by atoms with E-state index in [1.165, 1.54) is 33.5 Å². The van der Waals surface area contributed by atoms with Crippen molar-refractivity contribution in [2.45, 2.75) is 70.8 Å². The number of hydrogen-bond acceptors (Lipinski definition) is 2. The molecular weight excluding hydrogens is 304 g/mol. The molecule has 2 aliphatic rings. The lowest BCUT2D eigenvalue weighted by Gasteiger charge is -2.49. The van der Waals surface area contributed by atoms with Gasteiger partial charge in [-0.15, -0.1) is 0 Å². The first-order valence-corrected chi connectivity index (χ1v) is 9.39. The Kier molecular flexibility index (Phi) is 3.25. The second-order valence-corrected chi connectivity index (χ2v) is 9.42. The molecule has 0 amide bonds. The summed E-state index contributed by atoms with van der Waals surface area (Å²) in [6.45, 7) is 13.8. The number of hydrazine groups is 1. The molecule has 1 aliphatic carbocycles. The maximum absolute atomic E-state index is 6.74. The summed E-state index contributed by atoms with van der Waals surface area (Å²) < 4.78 is 0. The molecule has 132 valence electrons. The fourth-order valence-electron chi connectivity index (χ4n) is 5.00. The van der Waals surface area contributed by atoms with Crippen LogP contribution in [0.4, 0.5) is 5.69 Å². The molecule has 0 saturated heterocycles. The smallest absolute Gasteiger partial charge is 0.0878 e. The Hall–Kier alpha value is -1.80. The van der Waals surface area contributed by atoms with Gasteiger partial charge in [0, 0.05) is 5.41 Å². The molecule has 4 rings (SSSR count). The highest BCUT2D eigenvalue weighted by Gasteiger charge is 2.58. The predicted octanol–water partition coefficient (Wildman–Crippen LogP) is 5.11. The van der Waals surface area contributed by atoms with Crippen molar-refractivity contribution >= 4 is 5.69 Å². The van der Waals surface area contributed by atoms with Gasteiger partial charge in [0.25, 0.3) is 0 Å². The number of anilines is 1. The highest BCUT2D eigenvalue weighted by atomic mass is 15.5. The molecule has 2 N–H and O–H groups in total. The highest BCUT2D eigenvalue weighted by Crippen LogP contribution is 2.60. The number of hydrogen-bond donors (Lipinski definition) is 1. The molecule has 1 aliphatic heterocycles. The average Bonchev–Trinajstić information content (AvgIpc) is 2.72. The molecule has 2 nitrogen and oxygen atoms in total. The van der Waals surface area contributed by atoms with Gasteiger partial charge in [-0.1, -0.05) is 63.6 Å². The summed E-state index contributed by atoms with van der Waals surface area (Å²) in [7, 11) is 0. The first-order chi connectivity index (χ1) is 11.6. The highest BCUT2D eigenvalue weighted by molar-refractivity contribution is 5.69. The summed E-state index contributed by atoms with van der Waals surface area (Å²) in [6, 6.07) is 13.8. The summed E-state index contributed by atoms with van der Waals surface area (Å²) in [5.41, 5.74) is 8.19. The van der Waals surface area contributed by atoms with Crippen LogP contribution in [0, 0.1) is 6.92 Å². The Labute approximate surface area is 152 Å². The third kappa shape index (κ3) is 2.01. The van der Waals surface area contributed by atoms with Gasteiger partial charge in [-0.25, -0.2) is 5.84 Å². The molecule has 1 heterocycles. The lowest BCUT2D eigenvalue weighted by molar-refractivity contribution is 0.232. The van der Waals surface area contributed by atoms with E-state index in [4.69, 9.17) is 5.84 Å². The van der Waals surface area contributed by atoms with Crippen LogP contribution in [-0.2, 0) is 22.8 Å². The SMILES string of the molecule is Cc1ccc2c(c1)C1(C)CCc3cc(C(C)(C)C)ccc3C1(C)N2N. The van der Waals surface area contributed by atoms with Crippen LogP contribution >= 0.6 is 0 Å². The molecule has 0 saturated carbocycles. The molecule has 2 aromatic rings.